The highest BCUT2D eigenvalue weighted by Crippen LogP contribution is 2.42. The van der Waals surface area contributed by atoms with Crippen LogP contribution in [0.1, 0.15) is 22.8 Å². The number of benzene rings is 2. The minimum Gasteiger partial charge on any atom is -0.506 e. The van der Waals surface area contributed by atoms with Crippen molar-refractivity contribution in [3.63, 3.8) is 0 Å². The summed E-state index contributed by atoms with van der Waals surface area (Å²) in [7, 11) is 2.92. The van der Waals surface area contributed by atoms with Crippen molar-refractivity contribution in [1.29, 1.82) is 0 Å². The number of hydrogen-bond donors (Lipinski definition) is 1. The molecule has 184 valence electrons. The second kappa shape index (κ2) is 12.0. The Kier molecular flexibility index (Phi) is 9.84. The number of halogens is 5. The summed E-state index contributed by atoms with van der Waals surface area (Å²) >= 11 is 3.76. The molecule has 1 aliphatic heterocycles. The minimum absolute atomic E-state index is 0.0201. The van der Waals surface area contributed by atoms with Crippen LogP contribution < -0.4 is 14.2 Å². The van der Waals surface area contributed by atoms with E-state index in [1.165, 1.54) is 33.3 Å². The largest absolute Gasteiger partial charge is 0.506 e. The van der Waals surface area contributed by atoms with Crippen molar-refractivity contribution in [2.75, 3.05) is 20.8 Å². The fraction of sp³-hybridized carbons (Fsp3) is 0.273. The number of esters is 1. The molecule has 1 aliphatic rings. The molecule has 1 heterocycles. The molecule has 0 aliphatic carbocycles. The third kappa shape index (κ3) is 6.25. The zero-order valence-electron chi connectivity index (χ0n) is 18.0. The van der Waals surface area contributed by atoms with E-state index in [0.29, 0.717) is 30.5 Å². The lowest BCUT2D eigenvalue weighted by molar-refractivity contribution is -0.188. The fourth-order valence-corrected chi connectivity index (χ4v) is 4.36. The van der Waals surface area contributed by atoms with Crippen LogP contribution in [-0.2, 0) is 9.53 Å². The van der Waals surface area contributed by atoms with E-state index >= 15 is 0 Å². The monoisotopic (exact) mass is 706 g/mol. The molecule has 0 saturated carbocycles. The number of carbonyl (C=O) groups is 2. The molecule has 3 rings (SSSR count). The van der Waals surface area contributed by atoms with Gasteiger partial charge in [-0.15, -0.1) is 0 Å². The third-order valence-corrected chi connectivity index (χ3v) is 6.47. The average Bonchev–Trinajstić information content (AvgIpc) is 2.80. The molecule has 1 N–H and O–H groups in total. The quantitative estimate of drug-likeness (QED) is 0.254. The average molecular weight is 706 g/mol. The van der Waals surface area contributed by atoms with Crippen LogP contribution in [0.3, 0.4) is 0 Å². The maximum absolute atomic E-state index is 13.2. The summed E-state index contributed by atoms with van der Waals surface area (Å²) in [6, 6.07) is 6.29. The first-order valence-electron chi connectivity index (χ1n) is 9.49. The highest BCUT2D eigenvalue weighted by Gasteiger charge is 2.49. The molecule has 0 spiro atoms. The molecule has 1 atom stereocenters. The minimum atomic E-state index is -4.73. The summed E-state index contributed by atoms with van der Waals surface area (Å²) in [5, 5.41) is 9.39. The number of phenolic OH excluding ortho intramolecular Hbond substituents is 1. The third-order valence-electron chi connectivity index (χ3n) is 4.41. The summed E-state index contributed by atoms with van der Waals surface area (Å²) in [6.07, 6.45) is -5.34. The van der Waals surface area contributed by atoms with Crippen LogP contribution in [0, 0.1) is 7.14 Å². The SMILES string of the molecule is CCOC(=O)C1=Cc2ccc(OC)c(I)c2OC1C(F)(F)F.COc1ccc(C=O)c(O)c1I. The van der Waals surface area contributed by atoms with Gasteiger partial charge in [-0.25, -0.2) is 4.79 Å². The number of aldehydes is 1. The van der Waals surface area contributed by atoms with E-state index < -0.39 is 23.8 Å². The van der Waals surface area contributed by atoms with Gasteiger partial charge in [0, 0.05) is 5.56 Å². The number of carbonyl (C=O) groups excluding carboxylic acids is 2. The Morgan fingerprint density at radius 2 is 1.71 bits per heavy atom. The summed E-state index contributed by atoms with van der Waals surface area (Å²) in [4.78, 5) is 22.2. The van der Waals surface area contributed by atoms with Crippen molar-refractivity contribution in [1.82, 2.24) is 0 Å². The van der Waals surface area contributed by atoms with Crippen LogP contribution in [0.15, 0.2) is 29.8 Å². The van der Waals surface area contributed by atoms with E-state index in [-0.39, 0.29) is 23.7 Å². The number of aromatic hydroxyl groups is 1. The van der Waals surface area contributed by atoms with Gasteiger partial charge in [-0.05, 0) is 82.4 Å². The van der Waals surface area contributed by atoms with E-state index in [0.717, 1.165) is 6.08 Å². The molecule has 2 aromatic rings. The molecule has 0 radical (unpaired) electrons. The van der Waals surface area contributed by atoms with Crippen LogP contribution in [0.2, 0.25) is 0 Å². The van der Waals surface area contributed by atoms with Crippen LogP contribution in [0.25, 0.3) is 6.08 Å². The molecule has 0 saturated heterocycles. The predicted octanol–water partition coefficient (Wildman–Crippen LogP) is 5.39. The Morgan fingerprint density at radius 1 is 1.12 bits per heavy atom. The van der Waals surface area contributed by atoms with Crippen molar-refractivity contribution >= 4 is 63.5 Å². The molecule has 7 nitrogen and oxygen atoms in total. The smallest absolute Gasteiger partial charge is 0.430 e. The van der Waals surface area contributed by atoms with Gasteiger partial charge >= 0.3 is 12.1 Å². The lowest BCUT2D eigenvalue weighted by Gasteiger charge is -2.28. The maximum atomic E-state index is 13.2. The topological polar surface area (TPSA) is 91.3 Å². The second-order valence-electron chi connectivity index (χ2n) is 6.50. The first-order chi connectivity index (χ1) is 16.0. The van der Waals surface area contributed by atoms with Crippen molar-refractivity contribution in [2.24, 2.45) is 0 Å². The van der Waals surface area contributed by atoms with Gasteiger partial charge in [0.25, 0.3) is 0 Å². The van der Waals surface area contributed by atoms with E-state index in [1.54, 1.807) is 12.1 Å². The van der Waals surface area contributed by atoms with E-state index in [1.807, 2.05) is 45.2 Å². The molecule has 1 unspecified atom stereocenters. The molecular weight excluding hydrogens is 687 g/mol. The van der Waals surface area contributed by atoms with Crippen molar-refractivity contribution in [3.8, 4) is 23.0 Å². The lowest BCUT2D eigenvalue weighted by Crippen LogP contribution is -2.41. The van der Waals surface area contributed by atoms with E-state index in [2.05, 4.69) is 4.74 Å². The van der Waals surface area contributed by atoms with Crippen molar-refractivity contribution in [3.05, 3.63) is 48.1 Å². The van der Waals surface area contributed by atoms with Gasteiger partial charge in [-0.1, -0.05) is 0 Å². The Labute approximate surface area is 220 Å². The van der Waals surface area contributed by atoms with Gasteiger partial charge < -0.3 is 24.1 Å². The number of methoxy groups -OCH3 is 2. The zero-order valence-corrected chi connectivity index (χ0v) is 22.4. The number of hydrogen-bond acceptors (Lipinski definition) is 7. The Hall–Kier alpha value is -2.23. The molecule has 0 amide bonds. The Morgan fingerprint density at radius 3 is 2.24 bits per heavy atom. The summed E-state index contributed by atoms with van der Waals surface area (Å²) < 4.78 is 60.3. The molecule has 0 bridgehead atoms. The standard InChI is InChI=1S/C14H12F3IO4.C8H7IO3/c1-3-21-13(19)8-6-7-4-5-9(20-2)10(18)11(7)22-12(8)14(15,16)17;1-12-6-3-2-5(4-10)8(11)7(6)9/h4-6,12H,3H2,1-2H3;2-4,11H,1H3. The summed E-state index contributed by atoms with van der Waals surface area (Å²) in [6.45, 7) is 1.50. The fourth-order valence-electron chi connectivity index (χ4n) is 2.81. The molecular formula is C22H19F3I2O7. The van der Waals surface area contributed by atoms with Crippen molar-refractivity contribution < 1.29 is 46.8 Å². The molecule has 0 aromatic heterocycles. The summed E-state index contributed by atoms with van der Waals surface area (Å²) in [5.74, 6) is -0.0615. The second-order valence-corrected chi connectivity index (χ2v) is 8.65. The van der Waals surface area contributed by atoms with Gasteiger partial charge in [0.1, 0.15) is 23.0 Å². The van der Waals surface area contributed by atoms with E-state index in [9.17, 15) is 27.9 Å². The van der Waals surface area contributed by atoms with Crippen LogP contribution in [0.5, 0.6) is 23.0 Å². The molecule has 12 heteroatoms. The lowest BCUT2D eigenvalue weighted by atomic mass is 10.0. The predicted molar refractivity (Wildman–Crippen MR) is 134 cm³/mol. The number of ether oxygens (including phenoxy) is 4. The van der Waals surface area contributed by atoms with Gasteiger partial charge in [-0.3, -0.25) is 4.79 Å². The Balaban J connectivity index is 0.000000287. The maximum Gasteiger partial charge on any atom is 0.430 e. The summed E-state index contributed by atoms with van der Waals surface area (Å²) in [5.41, 5.74) is 0.0803. The highest BCUT2D eigenvalue weighted by molar-refractivity contribution is 14.1. The zero-order chi connectivity index (χ0) is 25.6. The number of rotatable bonds is 5. The van der Waals surface area contributed by atoms with Crippen LogP contribution in [-0.4, -0.2) is 50.5 Å². The van der Waals surface area contributed by atoms with Crippen molar-refractivity contribution in [2.45, 2.75) is 19.2 Å². The highest BCUT2D eigenvalue weighted by atomic mass is 127. The number of alkyl halides is 3. The van der Waals surface area contributed by atoms with Gasteiger partial charge in [-0.2, -0.15) is 13.2 Å². The first kappa shape index (κ1) is 28.0. The normalized spacial score (nSPS) is 14.5. The Bertz CT molecular complexity index is 1100. The van der Waals surface area contributed by atoms with Gasteiger partial charge in [0.15, 0.2) is 6.29 Å². The van der Waals surface area contributed by atoms with Crippen LogP contribution in [0.4, 0.5) is 13.2 Å². The molecule has 34 heavy (non-hydrogen) atoms. The first-order valence-corrected chi connectivity index (χ1v) is 11.6. The van der Waals surface area contributed by atoms with Crippen LogP contribution >= 0.6 is 45.2 Å². The van der Waals surface area contributed by atoms with Gasteiger partial charge in [0.2, 0.25) is 6.10 Å². The number of phenols is 1. The van der Waals surface area contributed by atoms with E-state index in [4.69, 9.17) is 14.2 Å². The number of fused-ring (bicyclic) bond motifs is 1. The van der Waals surface area contributed by atoms with Gasteiger partial charge in [0.05, 0.1) is 39.1 Å². The molecule has 2 aromatic carbocycles. The molecule has 0 fully saturated rings.